The summed E-state index contributed by atoms with van der Waals surface area (Å²) in [5.74, 6) is 0.895. The number of rotatable bonds is 4. The van der Waals surface area contributed by atoms with Gasteiger partial charge in [-0.2, -0.15) is 0 Å². The Morgan fingerprint density at radius 3 is 2.65 bits per heavy atom. The molecule has 0 N–H and O–H groups in total. The third-order valence-corrected chi connectivity index (χ3v) is 4.37. The SMILES string of the molecule is C1=C[C@@H](c2cc3ccccc3o2)O[C@H](CCc2ccccc2)C1. The molecule has 0 saturated carbocycles. The number of fused-ring (bicyclic) bond motifs is 1. The van der Waals surface area contributed by atoms with Gasteiger partial charge in [0.25, 0.3) is 0 Å². The highest BCUT2D eigenvalue weighted by Gasteiger charge is 2.22. The maximum absolute atomic E-state index is 6.24. The highest BCUT2D eigenvalue weighted by molar-refractivity contribution is 5.77. The number of para-hydroxylation sites is 1. The molecule has 4 rings (SSSR count). The molecule has 0 aliphatic carbocycles. The predicted molar refractivity (Wildman–Crippen MR) is 92.3 cm³/mol. The number of aryl methyl sites for hydroxylation is 1. The molecule has 2 aromatic carbocycles. The minimum Gasteiger partial charge on any atom is -0.458 e. The Kier molecular flexibility index (Phi) is 3.99. The quantitative estimate of drug-likeness (QED) is 0.598. The second kappa shape index (κ2) is 6.43. The van der Waals surface area contributed by atoms with Crippen molar-refractivity contribution in [2.45, 2.75) is 31.5 Å². The fourth-order valence-corrected chi connectivity index (χ4v) is 3.12. The number of benzene rings is 2. The van der Waals surface area contributed by atoms with Crippen molar-refractivity contribution in [3.63, 3.8) is 0 Å². The van der Waals surface area contributed by atoms with Gasteiger partial charge in [-0.25, -0.2) is 0 Å². The minimum absolute atomic E-state index is 0.0723. The average molecular weight is 304 g/mol. The van der Waals surface area contributed by atoms with Gasteiger partial charge in [0.2, 0.25) is 0 Å². The van der Waals surface area contributed by atoms with Crippen LogP contribution in [0.2, 0.25) is 0 Å². The van der Waals surface area contributed by atoms with Gasteiger partial charge in [0.1, 0.15) is 17.4 Å². The van der Waals surface area contributed by atoms with Gasteiger partial charge in [0.05, 0.1) is 6.10 Å². The Labute approximate surface area is 136 Å². The zero-order valence-corrected chi connectivity index (χ0v) is 13.0. The fraction of sp³-hybridized carbons (Fsp3) is 0.238. The van der Waals surface area contributed by atoms with Crippen molar-refractivity contribution in [3.8, 4) is 0 Å². The van der Waals surface area contributed by atoms with E-state index < -0.39 is 0 Å². The monoisotopic (exact) mass is 304 g/mol. The van der Waals surface area contributed by atoms with Crippen LogP contribution in [0.3, 0.4) is 0 Å². The molecule has 0 radical (unpaired) electrons. The van der Waals surface area contributed by atoms with Gasteiger partial charge in [-0.1, -0.05) is 60.7 Å². The van der Waals surface area contributed by atoms with Crippen LogP contribution in [0.1, 0.15) is 30.3 Å². The lowest BCUT2D eigenvalue weighted by Crippen LogP contribution is -2.19. The van der Waals surface area contributed by atoms with Gasteiger partial charge in [0.15, 0.2) is 0 Å². The summed E-state index contributed by atoms with van der Waals surface area (Å²) < 4.78 is 12.2. The molecule has 0 fully saturated rings. The van der Waals surface area contributed by atoms with Crippen LogP contribution in [0.15, 0.2) is 77.2 Å². The van der Waals surface area contributed by atoms with Crippen LogP contribution >= 0.6 is 0 Å². The molecule has 1 aliphatic rings. The first kappa shape index (κ1) is 14.3. The summed E-state index contributed by atoms with van der Waals surface area (Å²) in [6.45, 7) is 0. The van der Waals surface area contributed by atoms with Gasteiger partial charge in [-0.15, -0.1) is 0 Å². The third-order valence-electron chi connectivity index (χ3n) is 4.37. The molecule has 0 amide bonds. The van der Waals surface area contributed by atoms with Gasteiger partial charge in [0, 0.05) is 5.39 Å². The van der Waals surface area contributed by atoms with Gasteiger partial charge in [-0.05, 0) is 37.0 Å². The fourth-order valence-electron chi connectivity index (χ4n) is 3.12. The van der Waals surface area contributed by atoms with Crippen molar-refractivity contribution in [2.75, 3.05) is 0 Å². The van der Waals surface area contributed by atoms with Gasteiger partial charge in [-0.3, -0.25) is 0 Å². The molecule has 0 saturated heterocycles. The van der Waals surface area contributed by atoms with Crippen LogP contribution in [0.5, 0.6) is 0 Å². The summed E-state index contributed by atoms with van der Waals surface area (Å²) in [4.78, 5) is 0. The Balaban J connectivity index is 1.44. The van der Waals surface area contributed by atoms with Crippen LogP contribution in [-0.2, 0) is 11.2 Å². The van der Waals surface area contributed by atoms with Crippen LogP contribution in [0.4, 0.5) is 0 Å². The Morgan fingerprint density at radius 1 is 0.957 bits per heavy atom. The number of hydrogen-bond acceptors (Lipinski definition) is 2. The summed E-state index contributed by atoms with van der Waals surface area (Å²) >= 11 is 0. The minimum atomic E-state index is -0.0723. The molecule has 2 heteroatoms. The summed E-state index contributed by atoms with van der Waals surface area (Å²) in [6.07, 6.45) is 7.56. The molecular weight excluding hydrogens is 284 g/mol. The second-order valence-electron chi connectivity index (χ2n) is 6.05. The van der Waals surface area contributed by atoms with E-state index in [2.05, 4.69) is 54.6 Å². The highest BCUT2D eigenvalue weighted by atomic mass is 16.5. The lowest BCUT2D eigenvalue weighted by Gasteiger charge is -2.24. The van der Waals surface area contributed by atoms with Crippen LogP contribution in [-0.4, -0.2) is 6.10 Å². The van der Waals surface area contributed by atoms with Crippen molar-refractivity contribution in [1.29, 1.82) is 0 Å². The van der Waals surface area contributed by atoms with Crippen molar-refractivity contribution < 1.29 is 9.15 Å². The molecule has 0 spiro atoms. The predicted octanol–water partition coefficient (Wildman–Crippen LogP) is 5.45. The van der Waals surface area contributed by atoms with Crippen molar-refractivity contribution in [2.24, 2.45) is 0 Å². The summed E-state index contributed by atoms with van der Waals surface area (Å²) in [7, 11) is 0. The van der Waals surface area contributed by atoms with E-state index in [-0.39, 0.29) is 12.2 Å². The lowest BCUT2D eigenvalue weighted by atomic mass is 10.0. The molecular formula is C21H20O2. The Morgan fingerprint density at radius 2 is 1.78 bits per heavy atom. The molecule has 23 heavy (non-hydrogen) atoms. The zero-order chi connectivity index (χ0) is 15.5. The molecule has 1 aliphatic heterocycles. The normalized spacial score (nSPS) is 20.9. The first-order valence-electron chi connectivity index (χ1n) is 8.23. The molecule has 2 heterocycles. The van der Waals surface area contributed by atoms with Crippen LogP contribution < -0.4 is 0 Å². The van der Waals surface area contributed by atoms with E-state index in [0.29, 0.717) is 0 Å². The highest BCUT2D eigenvalue weighted by Crippen LogP contribution is 2.31. The van der Waals surface area contributed by atoms with E-state index in [1.54, 1.807) is 0 Å². The Hall–Kier alpha value is -2.32. The second-order valence-corrected chi connectivity index (χ2v) is 6.05. The van der Waals surface area contributed by atoms with E-state index >= 15 is 0 Å². The summed E-state index contributed by atoms with van der Waals surface area (Å²) in [5, 5.41) is 1.13. The first-order chi connectivity index (χ1) is 11.4. The zero-order valence-electron chi connectivity index (χ0n) is 13.0. The number of ether oxygens (including phenoxy) is 1. The van der Waals surface area contributed by atoms with E-state index in [0.717, 1.165) is 36.0 Å². The van der Waals surface area contributed by atoms with Gasteiger partial charge < -0.3 is 9.15 Å². The average Bonchev–Trinajstić information content (AvgIpc) is 3.05. The summed E-state index contributed by atoms with van der Waals surface area (Å²) in [5.41, 5.74) is 2.29. The number of furan rings is 1. The number of hydrogen-bond donors (Lipinski definition) is 0. The smallest absolute Gasteiger partial charge is 0.138 e. The van der Waals surface area contributed by atoms with Crippen molar-refractivity contribution >= 4 is 11.0 Å². The van der Waals surface area contributed by atoms with Gasteiger partial charge >= 0.3 is 0 Å². The van der Waals surface area contributed by atoms with Crippen LogP contribution in [0.25, 0.3) is 11.0 Å². The first-order valence-corrected chi connectivity index (χ1v) is 8.23. The maximum atomic E-state index is 6.24. The molecule has 0 unspecified atom stereocenters. The largest absolute Gasteiger partial charge is 0.458 e. The van der Waals surface area contributed by atoms with Crippen molar-refractivity contribution in [3.05, 3.63) is 84.1 Å². The van der Waals surface area contributed by atoms with E-state index in [9.17, 15) is 0 Å². The van der Waals surface area contributed by atoms with E-state index in [1.807, 2.05) is 18.2 Å². The van der Waals surface area contributed by atoms with Crippen molar-refractivity contribution in [1.82, 2.24) is 0 Å². The maximum Gasteiger partial charge on any atom is 0.138 e. The third kappa shape index (κ3) is 3.22. The standard InChI is InChI=1S/C21H20O2/c1-2-7-16(8-3-1)13-14-18-10-6-12-20(22-18)21-15-17-9-4-5-11-19(17)23-21/h1-9,11-12,15,18,20H,10,13-14H2/t18-,20-/m0/s1. The Bertz CT molecular complexity index is 768. The molecule has 2 nitrogen and oxygen atoms in total. The van der Waals surface area contributed by atoms with E-state index in [4.69, 9.17) is 9.15 Å². The topological polar surface area (TPSA) is 22.4 Å². The summed E-state index contributed by atoms with van der Waals surface area (Å²) in [6, 6.07) is 20.8. The molecule has 2 atom stereocenters. The molecule has 116 valence electrons. The van der Waals surface area contributed by atoms with Crippen LogP contribution in [0, 0.1) is 0 Å². The molecule has 0 bridgehead atoms. The molecule has 1 aromatic heterocycles. The molecule has 3 aromatic rings. The van der Waals surface area contributed by atoms with E-state index in [1.165, 1.54) is 5.56 Å². The lowest BCUT2D eigenvalue weighted by molar-refractivity contribution is -0.00847.